The normalized spacial score (nSPS) is 16.1. The molecule has 2 aromatic carbocycles. The summed E-state index contributed by atoms with van der Waals surface area (Å²) in [6, 6.07) is 22.3. The van der Waals surface area contributed by atoms with Crippen LogP contribution in [-0.2, 0) is 11.2 Å². The van der Waals surface area contributed by atoms with Gasteiger partial charge in [0.2, 0.25) is 5.91 Å². The molecule has 0 radical (unpaired) electrons. The van der Waals surface area contributed by atoms with E-state index in [4.69, 9.17) is 0 Å². The van der Waals surface area contributed by atoms with E-state index in [0.29, 0.717) is 11.0 Å². The molecule has 0 saturated heterocycles. The second kappa shape index (κ2) is 9.58. The number of carbonyl (C=O) groups excluding carboxylic acids is 1. The number of rotatable bonds is 6. The Morgan fingerprint density at radius 1 is 1.06 bits per heavy atom. The second-order valence-corrected chi connectivity index (χ2v) is 9.44. The average Bonchev–Trinajstić information content (AvgIpc) is 3.28. The number of hydrogen-bond acceptors (Lipinski definition) is 5. The molecule has 5 rings (SSSR count). The maximum atomic E-state index is 13.2. The fourth-order valence-electron chi connectivity index (χ4n) is 4.24. The molecular weight excluding hydrogens is 430 g/mol. The van der Waals surface area contributed by atoms with E-state index in [-0.39, 0.29) is 17.2 Å². The predicted molar refractivity (Wildman–Crippen MR) is 130 cm³/mol. The number of hydrogen-bond donors (Lipinski definition) is 1. The number of amides is 1. The SMILES string of the molecule is C[C@H](Sc1nnc(-c2cccnc2)n1-c1ccccc1)C(=O)N[C@H]1CCCc2ccccc21. The number of aromatic nitrogens is 4. The fourth-order valence-corrected chi connectivity index (χ4v) is 5.12. The van der Waals surface area contributed by atoms with Crippen molar-refractivity contribution in [3.05, 3.63) is 90.3 Å². The van der Waals surface area contributed by atoms with Crippen LogP contribution in [0.3, 0.4) is 0 Å². The number of fused-ring (bicyclic) bond motifs is 1. The van der Waals surface area contributed by atoms with Gasteiger partial charge < -0.3 is 5.32 Å². The van der Waals surface area contributed by atoms with E-state index in [2.05, 4.69) is 38.7 Å². The van der Waals surface area contributed by atoms with Crippen LogP contribution in [0.15, 0.2) is 84.3 Å². The number of para-hydroxylation sites is 1. The first-order chi connectivity index (χ1) is 16.2. The predicted octanol–water partition coefficient (Wildman–Crippen LogP) is 5.00. The van der Waals surface area contributed by atoms with Crippen molar-refractivity contribution in [1.82, 2.24) is 25.1 Å². The summed E-state index contributed by atoms with van der Waals surface area (Å²) >= 11 is 1.42. The molecule has 7 heteroatoms. The second-order valence-electron chi connectivity index (χ2n) is 8.13. The number of benzene rings is 2. The maximum Gasteiger partial charge on any atom is 0.233 e. The number of nitrogens with zero attached hydrogens (tertiary/aromatic N) is 4. The average molecular weight is 456 g/mol. The summed E-state index contributed by atoms with van der Waals surface area (Å²) in [6.07, 6.45) is 6.63. The molecule has 1 amide bonds. The van der Waals surface area contributed by atoms with E-state index >= 15 is 0 Å². The molecule has 1 aliphatic carbocycles. The van der Waals surface area contributed by atoms with Gasteiger partial charge in [-0.05, 0) is 61.6 Å². The summed E-state index contributed by atoms with van der Waals surface area (Å²) in [7, 11) is 0. The van der Waals surface area contributed by atoms with Crippen LogP contribution in [0.5, 0.6) is 0 Å². The monoisotopic (exact) mass is 455 g/mol. The van der Waals surface area contributed by atoms with E-state index in [9.17, 15) is 4.79 Å². The van der Waals surface area contributed by atoms with Gasteiger partial charge in [-0.2, -0.15) is 0 Å². The Morgan fingerprint density at radius 3 is 2.70 bits per heavy atom. The highest BCUT2D eigenvalue weighted by Crippen LogP contribution is 2.32. The summed E-state index contributed by atoms with van der Waals surface area (Å²) in [4.78, 5) is 17.4. The van der Waals surface area contributed by atoms with Gasteiger partial charge in [0.1, 0.15) is 0 Å². The summed E-state index contributed by atoms with van der Waals surface area (Å²) in [5.74, 6) is 0.706. The van der Waals surface area contributed by atoms with Crippen LogP contribution in [0.25, 0.3) is 17.1 Å². The Labute approximate surface area is 197 Å². The molecule has 2 aromatic heterocycles. The smallest absolute Gasteiger partial charge is 0.233 e. The minimum atomic E-state index is -0.326. The van der Waals surface area contributed by atoms with Crippen molar-refractivity contribution in [2.24, 2.45) is 0 Å². The third-order valence-corrected chi connectivity index (χ3v) is 6.95. The van der Waals surface area contributed by atoms with Gasteiger partial charge in [0.15, 0.2) is 11.0 Å². The quantitative estimate of drug-likeness (QED) is 0.414. The van der Waals surface area contributed by atoms with Gasteiger partial charge in [0.05, 0.1) is 11.3 Å². The molecular formula is C26H25N5OS. The van der Waals surface area contributed by atoms with Crippen molar-refractivity contribution in [2.75, 3.05) is 0 Å². The lowest BCUT2D eigenvalue weighted by atomic mass is 9.88. The largest absolute Gasteiger partial charge is 0.348 e. The topological polar surface area (TPSA) is 72.7 Å². The summed E-state index contributed by atoms with van der Waals surface area (Å²) < 4.78 is 1.99. The molecule has 2 atom stereocenters. The van der Waals surface area contributed by atoms with Crippen LogP contribution < -0.4 is 5.32 Å². The van der Waals surface area contributed by atoms with E-state index in [1.807, 2.05) is 60.0 Å². The van der Waals surface area contributed by atoms with Gasteiger partial charge in [0, 0.05) is 23.6 Å². The van der Waals surface area contributed by atoms with Gasteiger partial charge in [-0.25, -0.2) is 0 Å². The van der Waals surface area contributed by atoms with Crippen molar-refractivity contribution in [3.8, 4) is 17.1 Å². The first-order valence-corrected chi connectivity index (χ1v) is 12.0. The maximum absolute atomic E-state index is 13.2. The highest BCUT2D eigenvalue weighted by molar-refractivity contribution is 8.00. The van der Waals surface area contributed by atoms with Crippen molar-refractivity contribution in [2.45, 2.75) is 42.6 Å². The number of nitrogens with one attached hydrogen (secondary N) is 1. The molecule has 2 heterocycles. The molecule has 1 N–H and O–H groups in total. The van der Waals surface area contributed by atoms with E-state index in [1.165, 1.54) is 22.9 Å². The molecule has 166 valence electrons. The van der Waals surface area contributed by atoms with Gasteiger partial charge in [-0.1, -0.05) is 54.2 Å². The van der Waals surface area contributed by atoms with Crippen molar-refractivity contribution in [3.63, 3.8) is 0 Å². The first-order valence-electron chi connectivity index (χ1n) is 11.2. The molecule has 0 bridgehead atoms. The number of carbonyl (C=O) groups is 1. The fraction of sp³-hybridized carbons (Fsp3) is 0.231. The van der Waals surface area contributed by atoms with E-state index in [0.717, 1.165) is 30.5 Å². The third-order valence-electron chi connectivity index (χ3n) is 5.90. The van der Waals surface area contributed by atoms with Gasteiger partial charge in [-0.3, -0.25) is 14.3 Å². The van der Waals surface area contributed by atoms with Crippen LogP contribution in [0.2, 0.25) is 0 Å². The van der Waals surface area contributed by atoms with Crippen molar-refractivity contribution < 1.29 is 4.79 Å². The molecule has 0 spiro atoms. The Kier molecular flexibility index (Phi) is 6.21. The molecule has 1 aliphatic rings. The Morgan fingerprint density at radius 2 is 1.88 bits per heavy atom. The van der Waals surface area contributed by atoms with Gasteiger partial charge in [0.25, 0.3) is 0 Å². The number of thioether (sulfide) groups is 1. The van der Waals surface area contributed by atoms with Crippen LogP contribution in [0, 0.1) is 0 Å². The molecule has 4 aromatic rings. The van der Waals surface area contributed by atoms with Gasteiger partial charge >= 0.3 is 0 Å². The molecule has 0 aliphatic heterocycles. The zero-order valence-corrected chi connectivity index (χ0v) is 19.2. The molecule has 33 heavy (non-hydrogen) atoms. The highest BCUT2D eigenvalue weighted by atomic mass is 32.2. The summed E-state index contributed by atoms with van der Waals surface area (Å²) in [5, 5.41) is 12.5. The van der Waals surface area contributed by atoms with Crippen LogP contribution >= 0.6 is 11.8 Å². The minimum absolute atomic E-state index is 0.00671. The van der Waals surface area contributed by atoms with Crippen LogP contribution in [-0.4, -0.2) is 30.9 Å². The minimum Gasteiger partial charge on any atom is -0.348 e. The summed E-state index contributed by atoms with van der Waals surface area (Å²) in [6.45, 7) is 1.92. The lowest BCUT2D eigenvalue weighted by molar-refractivity contribution is -0.121. The zero-order valence-electron chi connectivity index (χ0n) is 18.4. The molecule has 0 fully saturated rings. The van der Waals surface area contributed by atoms with Crippen molar-refractivity contribution in [1.29, 1.82) is 0 Å². The van der Waals surface area contributed by atoms with Crippen LogP contribution in [0.1, 0.15) is 36.9 Å². The first kappa shape index (κ1) is 21.4. The Hall–Kier alpha value is -3.45. The Balaban J connectivity index is 1.39. The van der Waals surface area contributed by atoms with Crippen molar-refractivity contribution >= 4 is 17.7 Å². The lowest BCUT2D eigenvalue weighted by Gasteiger charge is -2.27. The van der Waals surface area contributed by atoms with E-state index in [1.54, 1.807) is 12.4 Å². The number of aryl methyl sites for hydroxylation is 1. The molecule has 6 nitrogen and oxygen atoms in total. The number of pyridine rings is 1. The van der Waals surface area contributed by atoms with Gasteiger partial charge in [-0.15, -0.1) is 10.2 Å². The highest BCUT2D eigenvalue weighted by Gasteiger charge is 2.26. The summed E-state index contributed by atoms with van der Waals surface area (Å²) in [5.41, 5.74) is 4.38. The standard InChI is InChI=1S/C26H25N5OS/c1-18(25(32)28-23-15-7-10-19-9-5-6-14-22(19)23)33-26-30-29-24(20-11-8-16-27-17-20)31(26)21-12-3-2-4-13-21/h2-6,8-9,11-14,16-18,23H,7,10,15H2,1H3,(H,28,32)/t18-,23-/m0/s1. The Bertz CT molecular complexity index is 1240. The third kappa shape index (κ3) is 4.54. The van der Waals surface area contributed by atoms with E-state index < -0.39 is 0 Å². The zero-order chi connectivity index (χ0) is 22.6. The lowest BCUT2D eigenvalue weighted by Crippen LogP contribution is -2.36. The molecule has 0 saturated carbocycles. The molecule has 0 unspecified atom stereocenters. The van der Waals surface area contributed by atoms with Crippen LogP contribution in [0.4, 0.5) is 0 Å².